The summed E-state index contributed by atoms with van der Waals surface area (Å²) in [6.07, 6.45) is 6.59. The standard InChI is InChI=1S/C13H18N2O2/c1-4-13(9-17-12(16)14-13)7-5-11-10(2)6-8-15(11)3/h5-8H,4,9H2,1-3H3,(H,14,16)/t13-/m1/s1. The smallest absolute Gasteiger partial charge is 0.408 e. The van der Waals surface area contributed by atoms with Gasteiger partial charge >= 0.3 is 6.09 Å². The summed E-state index contributed by atoms with van der Waals surface area (Å²) in [4.78, 5) is 11.1. The summed E-state index contributed by atoms with van der Waals surface area (Å²) in [6, 6.07) is 2.07. The van der Waals surface area contributed by atoms with E-state index in [4.69, 9.17) is 4.74 Å². The maximum Gasteiger partial charge on any atom is 0.408 e. The minimum atomic E-state index is -0.353. The van der Waals surface area contributed by atoms with Crippen LogP contribution in [0.5, 0.6) is 0 Å². The first-order valence-electron chi connectivity index (χ1n) is 5.82. The van der Waals surface area contributed by atoms with Crippen molar-refractivity contribution in [2.75, 3.05) is 6.61 Å². The third kappa shape index (κ3) is 2.20. The molecule has 4 nitrogen and oxygen atoms in total. The van der Waals surface area contributed by atoms with Gasteiger partial charge in [-0.2, -0.15) is 0 Å². The molecule has 1 aromatic heterocycles. The van der Waals surface area contributed by atoms with Crippen molar-refractivity contribution in [3.8, 4) is 0 Å². The Bertz CT molecular complexity index is 442. The highest BCUT2D eigenvalue weighted by atomic mass is 16.6. The van der Waals surface area contributed by atoms with E-state index >= 15 is 0 Å². The van der Waals surface area contributed by atoms with Crippen molar-refractivity contribution in [1.29, 1.82) is 0 Å². The van der Waals surface area contributed by atoms with E-state index in [1.54, 1.807) is 0 Å². The Hall–Kier alpha value is -1.71. The number of hydrogen-bond donors (Lipinski definition) is 1. The summed E-state index contributed by atoms with van der Waals surface area (Å²) in [5, 5.41) is 2.86. The maximum absolute atomic E-state index is 11.1. The second-order valence-corrected chi connectivity index (χ2v) is 4.54. The third-order valence-corrected chi connectivity index (χ3v) is 3.34. The summed E-state index contributed by atoms with van der Waals surface area (Å²) in [5.74, 6) is 0. The molecule has 17 heavy (non-hydrogen) atoms. The van der Waals surface area contributed by atoms with Crippen LogP contribution < -0.4 is 5.32 Å². The van der Waals surface area contributed by atoms with Gasteiger partial charge in [-0.3, -0.25) is 0 Å². The normalized spacial score (nSPS) is 24.1. The number of ether oxygens (including phenoxy) is 1. The predicted molar refractivity (Wildman–Crippen MR) is 66.7 cm³/mol. The van der Waals surface area contributed by atoms with Crippen molar-refractivity contribution < 1.29 is 9.53 Å². The van der Waals surface area contributed by atoms with E-state index in [0.717, 1.165) is 12.1 Å². The van der Waals surface area contributed by atoms with Crippen LogP contribution in [-0.4, -0.2) is 22.8 Å². The fourth-order valence-corrected chi connectivity index (χ4v) is 2.02. The Morgan fingerprint density at radius 2 is 2.41 bits per heavy atom. The number of alkyl carbamates (subject to hydrolysis) is 1. The van der Waals surface area contributed by atoms with E-state index in [1.807, 2.05) is 32.3 Å². The first-order valence-corrected chi connectivity index (χ1v) is 5.82. The highest BCUT2D eigenvalue weighted by molar-refractivity contribution is 5.72. The molecule has 0 saturated carbocycles. The number of nitrogens with zero attached hydrogens (tertiary/aromatic N) is 1. The Labute approximate surface area is 101 Å². The average molecular weight is 234 g/mol. The lowest BCUT2D eigenvalue weighted by molar-refractivity contribution is 0.174. The highest BCUT2D eigenvalue weighted by Crippen LogP contribution is 2.21. The SMILES string of the molecule is CC[C@@]1(C=Cc2c(C)ccn2C)COC(=O)N1. The molecule has 2 heterocycles. The highest BCUT2D eigenvalue weighted by Gasteiger charge is 2.35. The first-order chi connectivity index (χ1) is 8.06. The molecule has 0 radical (unpaired) electrons. The number of rotatable bonds is 3. The molecule has 1 aliphatic rings. The van der Waals surface area contributed by atoms with Crippen molar-refractivity contribution in [2.45, 2.75) is 25.8 Å². The molecule has 1 aliphatic heterocycles. The molecule has 1 N–H and O–H groups in total. The average Bonchev–Trinajstić information content (AvgIpc) is 2.83. The van der Waals surface area contributed by atoms with Gasteiger partial charge in [0.15, 0.2) is 0 Å². The number of nitrogens with one attached hydrogen (secondary N) is 1. The maximum atomic E-state index is 11.1. The van der Waals surface area contributed by atoms with Gasteiger partial charge < -0.3 is 14.6 Å². The van der Waals surface area contributed by atoms with Crippen LogP contribution in [0.15, 0.2) is 18.3 Å². The summed E-state index contributed by atoms with van der Waals surface area (Å²) < 4.78 is 7.04. The van der Waals surface area contributed by atoms with Gasteiger partial charge in [-0.05, 0) is 31.1 Å². The van der Waals surface area contributed by atoms with Gasteiger partial charge in [-0.25, -0.2) is 4.79 Å². The van der Waals surface area contributed by atoms with Gasteiger partial charge in [0.1, 0.15) is 6.61 Å². The third-order valence-electron chi connectivity index (χ3n) is 3.34. The molecule has 1 atom stereocenters. The number of aromatic nitrogens is 1. The molecule has 2 rings (SSSR count). The Morgan fingerprint density at radius 1 is 1.65 bits per heavy atom. The van der Waals surface area contributed by atoms with E-state index in [1.165, 1.54) is 5.56 Å². The van der Waals surface area contributed by atoms with Crippen molar-refractivity contribution in [2.24, 2.45) is 7.05 Å². The van der Waals surface area contributed by atoms with Crippen LogP contribution in [0.4, 0.5) is 4.79 Å². The fourth-order valence-electron chi connectivity index (χ4n) is 2.02. The molecular formula is C13H18N2O2. The molecule has 1 aromatic rings. The van der Waals surface area contributed by atoms with E-state index < -0.39 is 0 Å². The molecule has 0 bridgehead atoms. The second-order valence-electron chi connectivity index (χ2n) is 4.54. The van der Waals surface area contributed by atoms with E-state index in [2.05, 4.69) is 22.9 Å². The van der Waals surface area contributed by atoms with Crippen LogP contribution in [0.3, 0.4) is 0 Å². The topological polar surface area (TPSA) is 43.3 Å². The lowest BCUT2D eigenvalue weighted by Crippen LogP contribution is -2.40. The number of carbonyl (C=O) groups is 1. The number of amides is 1. The summed E-state index contributed by atoms with van der Waals surface area (Å²) in [7, 11) is 2.01. The second kappa shape index (κ2) is 4.28. The van der Waals surface area contributed by atoms with Gasteiger partial charge in [0.05, 0.1) is 5.54 Å². The van der Waals surface area contributed by atoms with Crippen LogP contribution in [0.1, 0.15) is 24.6 Å². The predicted octanol–water partition coefficient (Wildman–Crippen LogP) is 2.24. The molecule has 0 spiro atoms. The molecule has 0 aromatic carbocycles. The van der Waals surface area contributed by atoms with Gasteiger partial charge in [-0.1, -0.05) is 13.0 Å². The number of carbonyl (C=O) groups excluding carboxylic acids is 1. The van der Waals surface area contributed by atoms with Crippen molar-refractivity contribution >= 4 is 12.2 Å². The Balaban J connectivity index is 2.22. The molecular weight excluding hydrogens is 216 g/mol. The van der Waals surface area contributed by atoms with Gasteiger partial charge in [0.25, 0.3) is 0 Å². The minimum Gasteiger partial charge on any atom is -0.447 e. The summed E-state index contributed by atoms with van der Waals surface area (Å²) in [6.45, 7) is 4.52. The minimum absolute atomic E-state index is 0.333. The largest absolute Gasteiger partial charge is 0.447 e. The summed E-state index contributed by atoms with van der Waals surface area (Å²) in [5.41, 5.74) is 2.02. The summed E-state index contributed by atoms with van der Waals surface area (Å²) >= 11 is 0. The first kappa shape index (κ1) is 11.8. The number of cyclic esters (lactones) is 1. The number of hydrogen-bond acceptors (Lipinski definition) is 2. The molecule has 0 aliphatic carbocycles. The zero-order chi connectivity index (χ0) is 12.5. The van der Waals surface area contributed by atoms with E-state index in [-0.39, 0.29) is 11.6 Å². The van der Waals surface area contributed by atoms with Crippen molar-refractivity contribution in [3.63, 3.8) is 0 Å². The van der Waals surface area contributed by atoms with E-state index in [9.17, 15) is 4.79 Å². The molecule has 0 unspecified atom stereocenters. The molecule has 4 heteroatoms. The van der Waals surface area contributed by atoms with Crippen LogP contribution in [-0.2, 0) is 11.8 Å². The van der Waals surface area contributed by atoms with E-state index in [0.29, 0.717) is 6.61 Å². The van der Waals surface area contributed by atoms with Crippen LogP contribution >= 0.6 is 0 Å². The van der Waals surface area contributed by atoms with Gasteiger partial charge in [-0.15, -0.1) is 0 Å². The Morgan fingerprint density at radius 3 is 2.88 bits per heavy atom. The monoisotopic (exact) mass is 234 g/mol. The zero-order valence-corrected chi connectivity index (χ0v) is 10.5. The molecule has 1 fully saturated rings. The van der Waals surface area contributed by atoms with Gasteiger partial charge in [0, 0.05) is 18.9 Å². The van der Waals surface area contributed by atoms with Crippen molar-refractivity contribution in [1.82, 2.24) is 9.88 Å². The quantitative estimate of drug-likeness (QED) is 0.871. The Kier molecular flexibility index (Phi) is 2.96. The molecule has 1 saturated heterocycles. The zero-order valence-electron chi connectivity index (χ0n) is 10.5. The van der Waals surface area contributed by atoms with Crippen LogP contribution in [0.2, 0.25) is 0 Å². The lowest BCUT2D eigenvalue weighted by atomic mass is 9.97. The van der Waals surface area contributed by atoms with Crippen molar-refractivity contribution in [3.05, 3.63) is 29.6 Å². The molecule has 92 valence electrons. The van der Waals surface area contributed by atoms with Gasteiger partial charge in [0.2, 0.25) is 0 Å². The number of aryl methyl sites for hydroxylation is 2. The van der Waals surface area contributed by atoms with Crippen LogP contribution in [0, 0.1) is 6.92 Å². The fraction of sp³-hybridized carbons (Fsp3) is 0.462. The molecule has 1 amide bonds. The van der Waals surface area contributed by atoms with Crippen LogP contribution in [0.25, 0.3) is 6.08 Å². The lowest BCUT2D eigenvalue weighted by Gasteiger charge is -2.20.